The molecule has 0 bridgehead atoms. The summed E-state index contributed by atoms with van der Waals surface area (Å²) in [6.45, 7) is 3.21. The summed E-state index contributed by atoms with van der Waals surface area (Å²) in [7, 11) is 0. The Morgan fingerprint density at radius 1 is 1.37 bits per heavy atom. The van der Waals surface area contributed by atoms with Gasteiger partial charge in [0.2, 0.25) is 0 Å². The van der Waals surface area contributed by atoms with Crippen molar-refractivity contribution in [1.82, 2.24) is 9.78 Å². The molecule has 0 spiro atoms. The molecule has 0 radical (unpaired) electrons. The van der Waals surface area contributed by atoms with Gasteiger partial charge in [-0.1, -0.05) is 0 Å². The van der Waals surface area contributed by atoms with Gasteiger partial charge in [0.05, 0.1) is 4.92 Å². The van der Waals surface area contributed by atoms with Crippen molar-refractivity contribution in [2.24, 2.45) is 0 Å². The number of halogens is 1. The minimum Gasteiger partial charge on any atom is -0.471 e. The summed E-state index contributed by atoms with van der Waals surface area (Å²) in [6, 6.07) is 5.52. The number of ether oxygens (including phenoxy) is 1. The lowest BCUT2D eigenvalue weighted by molar-refractivity contribution is -0.386. The Morgan fingerprint density at radius 3 is 2.53 bits per heavy atom. The van der Waals surface area contributed by atoms with Crippen molar-refractivity contribution < 1.29 is 14.1 Å². The number of aromatic nitrogens is 2. The van der Waals surface area contributed by atoms with Gasteiger partial charge >= 0.3 is 5.69 Å². The van der Waals surface area contributed by atoms with Crippen molar-refractivity contribution in [3.05, 3.63) is 51.6 Å². The van der Waals surface area contributed by atoms with E-state index in [1.54, 1.807) is 13.8 Å². The lowest BCUT2D eigenvalue weighted by atomic mass is 10.3. The molecule has 6 nitrogen and oxygen atoms in total. The number of rotatable bonds is 4. The highest BCUT2D eigenvalue weighted by Gasteiger charge is 2.21. The molecule has 0 amide bonds. The molecule has 7 heteroatoms. The van der Waals surface area contributed by atoms with Gasteiger partial charge in [0.1, 0.15) is 23.0 Å². The van der Waals surface area contributed by atoms with E-state index in [9.17, 15) is 14.5 Å². The molecule has 0 aliphatic carbocycles. The van der Waals surface area contributed by atoms with Gasteiger partial charge in [0.15, 0.2) is 6.73 Å². The molecule has 0 unspecified atom stereocenters. The maximum absolute atomic E-state index is 12.7. The smallest absolute Gasteiger partial charge is 0.312 e. The van der Waals surface area contributed by atoms with Crippen LogP contribution in [-0.4, -0.2) is 14.7 Å². The van der Waals surface area contributed by atoms with Crippen LogP contribution in [0.15, 0.2) is 24.3 Å². The van der Waals surface area contributed by atoms with Crippen LogP contribution in [-0.2, 0) is 6.73 Å². The van der Waals surface area contributed by atoms with Crippen LogP contribution in [0.2, 0.25) is 0 Å². The van der Waals surface area contributed by atoms with Gasteiger partial charge in [0, 0.05) is 0 Å². The first-order chi connectivity index (χ1) is 8.99. The molecule has 0 aliphatic rings. The zero-order valence-electron chi connectivity index (χ0n) is 10.5. The van der Waals surface area contributed by atoms with Gasteiger partial charge in [-0.05, 0) is 38.1 Å². The summed E-state index contributed by atoms with van der Waals surface area (Å²) < 4.78 is 19.5. The molecule has 0 aliphatic heterocycles. The summed E-state index contributed by atoms with van der Waals surface area (Å²) >= 11 is 0. The third-order valence-electron chi connectivity index (χ3n) is 2.69. The first-order valence-electron chi connectivity index (χ1n) is 5.56. The van der Waals surface area contributed by atoms with Crippen molar-refractivity contribution >= 4 is 5.69 Å². The topological polar surface area (TPSA) is 70.2 Å². The van der Waals surface area contributed by atoms with Crippen molar-refractivity contribution in [3.8, 4) is 5.75 Å². The summed E-state index contributed by atoms with van der Waals surface area (Å²) in [5, 5.41) is 14.9. The molecular formula is C12H12FN3O3. The van der Waals surface area contributed by atoms with Crippen LogP contribution < -0.4 is 4.74 Å². The fraction of sp³-hybridized carbons (Fsp3) is 0.250. The fourth-order valence-electron chi connectivity index (χ4n) is 1.74. The number of nitrogens with zero attached hydrogens (tertiary/aromatic N) is 3. The summed E-state index contributed by atoms with van der Waals surface area (Å²) in [4.78, 5) is 10.4. The molecule has 100 valence electrons. The highest BCUT2D eigenvalue weighted by Crippen LogP contribution is 2.22. The average Bonchev–Trinajstić information content (AvgIpc) is 2.63. The number of hydrogen-bond donors (Lipinski definition) is 0. The summed E-state index contributed by atoms with van der Waals surface area (Å²) in [5.41, 5.74) is 0.748. The van der Waals surface area contributed by atoms with E-state index in [0.717, 1.165) is 0 Å². The third-order valence-corrected chi connectivity index (χ3v) is 2.69. The monoisotopic (exact) mass is 265 g/mol. The van der Waals surface area contributed by atoms with Crippen molar-refractivity contribution in [3.63, 3.8) is 0 Å². The second kappa shape index (κ2) is 5.05. The highest BCUT2D eigenvalue weighted by atomic mass is 19.1. The zero-order chi connectivity index (χ0) is 14.0. The van der Waals surface area contributed by atoms with Gasteiger partial charge in [-0.2, -0.15) is 5.10 Å². The first kappa shape index (κ1) is 13.0. The maximum atomic E-state index is 12.7. The largest absolute Gasteiger partial charge is 0.471 e. The van der Waals surface area contributed by atoms with Gasteiger partial charge < -0.3 is 4.74 Å². The van der Waals surface area contributed by atoms with E-state index in [2.05, 4.69) is 5.10 Å². The SMILES string of the molecule is Cc1nn(COc2ccc(F)cc2)c(C)c1[N+](=O)[O-]. The first-order valence-corrected chi connectivity index (χ1v) is 5.56. The average molecular weight is 265 g/mol. The van der Waals surface area contributed by atoms with Gasteiger partial charge in [0.25, 0.3) is 0 Å². The standard InChI is InChI=1S/C12H12FN3O3/c1-8-12(16(17)18)9(2)15(14-8)7-19-11-5-3-10(13)4-6-11/h3-6H,7H2,1-2H3. The molecule has 2 aromatic rings. The van der Waals surface area contributed by atoms with Crippen LogP contribution in [0.5, 0.6) is 5.75 Å². The molecule has 19 heavy (non-hydrogen) atoms. The van der Waals surface area contributed by atoms with E-state index in [-0.39, 0.29) is 18.2 Å². The molecule has 1 heterocycles. The highest BCUT2D eigenvalue weighted by molar-refractivity contribution is 5.39. The van der Waals surface area contributed by atoms with Gasteiger partial charge in [-0.25, -0.2) is 9.07 Å². The number of hydrogen-bond acceptors (Lipinski definition) is 4. The second-order valence-corrected chi connectivity index (χ2v) is 4.00. The minimum atomic E-state index is -0.466. The van der Waals surface area contributed by atoms with E-state index in [1.807, 2.05) is 0 Å². The maximum Gasteiger partial charge on any atom is 0.312 e. The molecule has 2 rings (SSSR count). The predicted molar refractivity (Wildman–Crippen MR) is 65.4 cm³/mol. The van der Waals surface area contributed by atoms with E-state index in [0.29, 0.717) is 17.1 Å². The fourth-order valence-corrected chi connectivity index (χ4v) is 1.74. The van der Waals surface area contributed by atoms with Crippen LogP contribution in [0, 0.1) is 29.8 Å². The Morgan fingerprint density at radius 2 is 2.00 bits per heavy atom. The van der Waals surface area contributed by atoms with Crippen LogP contribution in [0.3, 0.4) is 0 Å². The van der Waals surface area contributed by atoms with Gasteiger partial charge in [-0.15, -0.1) is 0 Å². The number of benzene rings is 1. The van der Waals surface area contributed by atoms with E-state index in [4.69, 9.17) is 4.74 Å². The predicted octanol–water partition coefficient (Wildman–Crippen LogP) is 2.58. The van der Waals surface area contributed by atoms with Crippen LogP contribution in [0.4, 0.5) is 10.1 Å². The molecular weight excluding hydrogens is 253 g/mol. The lowest BCUT2D eigenvalue weighted by Gasteiger charge is -2.07. The summed E-state index contributed by atoms with van der Waals surface area (Å²) in [5.74, 6) is 0.116. The van der Waals surface area contributed by atoms with Crippen LogP contribution in [0.25, 0.3) is 0 Å². The quantitative estimate of drug-likeness (QED) is 0.629. The molecule has 1 aromatic carbocycles. The summed E-state index contributed by atoms with van der Waals surface area (Å²) in [6.07, 6.45) is 0. The number of aryl methyl sites for hydroxylation is 1. The molecule has 0 saturated heterocycles. The van der Waals surface area contributed by atoms with Crippen molar-refractivity contribution in [1.29, 1.82) is 0 Å². The molecule has 1 aromatic heterocycles. The van der Waals surface area contributed by atoms with Crippen LogP contribution in [0.1, 0.15) is 11.4 Å². The normalized spacial score (nSPS) is 10.5. The van der Waals surface area contributed by atoms with E-state index >= 15 is 0 Å². The third kappa shape index (κ3) is 2.70. The molecule has 0 saturated carbocycles. The van der Waals surface area contributed by atoms with Crippen LogP contribution >= 0.6 is 0 Å². The van der Waals surface area contributed by atoms with Crippen molar-refractivity contribution in [2.45, 2.75) is 20.6 Å². The van der Waals surface area contributed by atoms with E-state index in [1.165, 1.54) is 28.9 Å². The Hall–Kier alpha value is -2.44. The minimum absolute atomic E-state index is 0.0114. The Balaban J connectivity index is 2.14. The Bertz CT molecular complexity index is 607. The number of nitro groups is 1. The Labute approximate surface area is 108 Å². The molecule has 0 fully saturated rings. The second-order valence-electron chi connectivity index (χ2n) is 4.00. The van der Waals surface area contributed by atoms with Crippen molar-refractivity contribution in [2.75, 3.05) is 0 Å². The Kier molecular flexibility index (Phi) is 3.46. The zero-order valence-corrected chi connectivity index (χ0v) is 10.5. The molecule has 0 N–H and O–H groups in total. The van der Waals surface area contributed by atoms with Gasteiger partial charge in [-0.3, -0.25) is 10.1 Å². The van der Waals surface area contributed by atoms with E-state index < -0.39 is 4.92 Å². The molecule has 0 atom stereocenters. The lowest BCUT2D eigenvalue weighted by Crippen LogP contribution is -2.08.